The molecule has 0 spiro atoms. The van der Waals surface area contributed by atoms with Gasteiger partial charge in [-0.3, -0.25) is 4.79 Å². The van der Waals surface area contributed by atoms with Crippen LogP contribution in [0, 0.1) is 5.92 Å². The zero-order valence-electron chi connectivity index (χ0n) is 6.13. The molecule has 0 bridgehead atoms. The zero-order chi connectivity index (χ0) is 7.98. The lowest BCUT2D eigenvalue weighted by Crippen LogP contribution is -2.01. The van der Waals surface area contributed by atoms with Crippen LogP contribution in [0.1, 0.15) is 6.92 Å². The fourth-order valence-corrected chi connectivity index (χ4v) is 0.970. The number of halogens is 1. The minimum absolute atomic E-state index is 0.0738. The van der Waals surface area contributed by atoms with Crippen LogP contribution in [0.2, 0.25) is 0 Å². The number of carbonyl (C=O) groups excluding carboxylic acids is 1. The molecule has 0 radical (unpaired) electrons. The Balaban J connectivity index is 3.72. The summed E-state index contributed by atoms with van der Waals surface area (Å²) in [7, 11) is 0. The largest absolute Gasteiger partial charge is 0.287 e. The van der Waals surface area contributed by atoms with E-state index >= 15 is 0 Å². The molecule has 0 amide bonds. The first kappa shape index (κ1) is 9.69. The number of allylic oxidation sites excluding steroid dienone is 2. The first-order valence-corrected chi connectivity index (χ1v) is 4.25. The summed E-state index contributed by atoms with van der Waals surface area (Å²) in [6.45, 7) is 1.26. The highest BCUT2D eigenvalue weighted by Crippen LogP contribution is 2.08. The molecule has 10 heavy (non-hydrogen) atoms. The molecule has 0 aromatic rings. The predicted molar refractivity (Wildman–Crippen MR) is 42.8 cm³/mol. The van der Waals surface area contributed by atoms with Crippen LogP contribution in [-0.2, 0) is 4.79 Å². The molecule has 1 nitrogen and oxygen atoms in total. The number of hydrogen-bond donors (Lipinski definition) is 0. The van der Waals surface area contributed by atoms with Crippen molar-refractivity contribution in [1.29, 1.82) is 0 Å². The molecule has 3 heteroatoms. The van der Waals surface area contributed by atoms with Crippen LogP contribution in [0.5, 0.6) is 0 Å². The highest BCUT2D eigenvalue weighted by Gasteiger charge is 2.05. The molecule has 0 fully saturated rings. The SMILES string of the molecule is CSC(=O)C(C)/C=C/CF. The molecule has 1 unspecified atom stereocenters. The average Bonchev–Trinajstić information content (AvgIpc) is 1.98. The predicted octanol–water partition coefficient (Wildman–Crippen LogP) is 2.04. The Bertz CT molecular complexity index is 134. The lowest BCUT2D eigenvalue weighted by molar-refractivity contribution is -0.112. The van der Waals surface area contributed by atoms with Gasteiger partial charge in [-0.1, -0.05) is 30.8 Å². The van der Waals surface area contributed by atoms with E-state index in [1.807, 2.05) is 0 Å². The van der Waals surface area contributed by atoms with Crippen molar-refractivity contribution in [2.45, 2.75) is 6.92 Å². The van der Waals surface area contributed by atoms with Crippen molar-refractivity contribution < 1.29 is 9.18 Å². The molecule has 0 aromatic heterocycles. The second-order valence-corrected chi connectivity index (χ2v) is 2.70. The van der Waals surface area contributed by atoms with E-state index in [-0.39, 0.29) is 11.0 Å². The van der Waals surface area contributed by atoms with Crippen LogP contribution in [-0.4, -0.2) is 18.0 Å². The van der Waals surface area contributed by atoms with Crippen molar-refractivity contribution in [1.82, 2.24) is 0 Å². The summed E-state index contributed by atoms with van der Waals surface area (Å²) in [4.78, 5) is 10.8. The van der Waals surface area contributed by atoms with Crippen LogP contribution in [0.15, 0.2) is 12.2 Å². The Morgan fingerprint density at radius 1 is 1.80 bits per heavy atom. The van der Waals surface area contributed by atoms with Crippen molar-refractivity contribution in [3.05, 3.63) is 12.2 Å². The molecule has 0 aliphatic rings. The fourth-order valence-electron chi connectivity index (χ4n) is 0.520. The molecule has 0 aliphatic carbocycles. The average molecular weight is 162 g/mol. The van der Waals surface area contributed by atoms with Gasteiger partial charge in [-0.15, -0.1) is 0 Å². The van der Waals surface area contributed by atoms with Gasteiger partial charge < -0.3 is 0 Å². The highest BCUT2D eigenvalue weighted by molar-refractivity contribution is 8.13. The normalized spacial score (nSPS) is 13.9. The standard InChI is InChI=1S/C7H11FOS/c1-6(4-3-5-8)7(9)10-2/h3-4,6H,5H2,1-2H3/b4-3+. The van der Waals surface area contributed by atoms with Gasteiger partial charge in [0.2, 0.25) is 0 Å². The minimum atomic E-state index is -0.494. The Labute approximate surface area is 64.7 Å². The first-order valence-electron chi connectivity index (χ1n) is 3.02. The van der Waals surface area contributed by atoms with E-state index in [2.05, 4.69) is 0 Å². The summed E-state index contributed by atoms with van der Waals surface area (Å²) in [6.07, 6.45) is 4.67. The van der Waals surface area contributed by atoms with Crippen molar-refractivity contribution in [2.75, 3.05) is 12.9 Å². The molecule has 0 saturated carbocycles. The van der Waals surface area contributed by atoms with E-state index in [9.17, 15) is 9.18 Å². The van der Waals surface area contributed by atoms with Crippen molar-refractivity contribution in [3.8, 4) is 0 Å². The Morgan fingerprint density at radius 3 is 2.80 bits per heavy atom. The topological polar surface area (TPSA) is 17.1 Å². The van der Waals surface area contributed by atoms with Gasteiger partial charge in [0.1, 0.15) is 6.67 Å². The van der Waals surface area contributed by atoms with E-state index in [4.69, 9.17) is 0 Å². The number of alkyl halides is 1. The third-order valence-corrected chi connectivity index (χ3v) is 1.86. The molecule has 0 aromatic carbocycles. The molecular weight excluding hydrogens is 151 g/mol. The lowest BCUT2D eigenvalue weighted by Gasteiger charge is -1.99. The fraction of sp³-hybridized carbons (Fsp3) is 0.571. The number of rotatable bonds is 3. The van der Waals surface area contributed by atoms with Gasteiger partial charge >= 0.3 is 0 Å². The summed E-state index contributed by atoms with van der Waals surface area (Å²) < 4.78 is 11.5. The maximum Gasteiger partial charge on any atom is 0.195 e. The van der Waals surface area contributed by atoms with Crippen LogP contribution >= 0.6 is 11.8 Å². The molecule has 0 aliphatic heterocycles. The minimum Gasteiger partial charge on any atom is -0.287 e. The first-order chi connectivity index (χ1) is 4.72. The Hall–Kier alpha value is -0.310. The van der Waals surface area contributed by atoms with Gasteiger partial charge in [0, 0.05) is 5.92 Å². The second kappa shape index (κ2) is 5.47. The lowest BCUT2D eigenvalue weighted by atomic mass is 10.2. The molecule has 0 rings (SSSR count). The van der Waals surface area contributed by atoms with Gasteiger partial charge in [0.25, 0.3) is 0 Å². The van der Waals surface area contributed by atoms with E-state index < -0.39 is 6.67 Å². The van der Waals surface area contributed by atoms with Crippen LogP contribution < -0.4 is 0 Å². The maximum atomic E-state index is 11.5. The molecule has 0 heterocycles. The van der Waals surface area contributed by atoms with Gasteiger partial charge in [-0.2, -0.15) is 0 Å². The summed E-state index contributed by atoms with van der Waals surface area (Å²) in [6, 6.07) is 0. The summed E-state index contributed by atoms with van der Waals surface area (Å²) >= 11 is 1.17. The van der Waals surface area contributed by atoms with E-state index in [0.717, 1.165) is 0 Å². The molecule has 0 N–H and O–H groups in total. The monoisotopic (exact) mass is 162 g/mol. The van der Waals surface area contributed by atoms with Gasteiger partial charge in [0.15, 0.2) is 5.12 Å². The van der Waals surface area contributed by atoms with Crippen molar-refractivity contribution in [2.24, 2.45) is 5.92 Å². The highest BCUT2D eigenvalue weighted by atomic mass is 32.2. The summed E-state index contributed by atoms with van der Waals surface area (Å²) in [5.74, 6) is -0.161. The van der Waals surface area contributed by atoms with Gasteiger partial charge in [-0.25, -0.2) is 4.39 Å². The van der Waals surface area contributed by atoms with Crippen molar-refractivity contribution >= 4 is 16.9 Å². The van der Waals surface area contributed by atoms with Crippen LogP contribution in [0.25, 0.3) is 0 Å². The van der Waals surface area contributed by atoms with Crippen molar-refractivity contribution in [3.63, 3.8) is 0 Å². The second-order valence-electron chi connectivity index (χ2n) is 1.89. The quantitative estimate of drug-likeness (QED) is 0.591. The molecule has 1 atom stereocenters. The maximum absolute atomic E-state index is 11.5. The number of thioether (sulfide) groups is 1. The number of hydrogen-bond acceptors (Lipinski definition) is 2. The van der Waals surface area contributed by atoms with E-state index in [1.54, 1.807) is 19.3 Å². The van der Waals surface area contributed by atoms with E-state index in [0.29, 0.717) is 0 Å². The van der Waals surface area contributed by atoms with Gasteiger partial charge in [0.05, 0.1) is 0 Å². The Kier molecular flexibility index (Phi) is 5.30. The van der Waals surface area contributed by atoms with Gasteiger partial charge in [-0.05, 0) is 6.26 Å². The Morgan fingerprint density at radius 2 is 2.40 bits per heavy atom. The third-order valence-electron chi connectivity index (χ3n) is 1.09. The summed E-state index contributed by atoms with van der Waals surface area (Å²) in [5, 5.41) is 0.0738. The molecule has 58 valence electrons. The summed E-state index contributed by atoms with van der Waals surface area (Å²) in [5.41, 5.74) is 0. The number of carbonyl (C=O) groups is 1. The third kappa shape index (κ3) is 3.67. The van der Waals surface area contributed by atoms with Crippen LogP contribution in [0.3, 0.4) is 0 Å². The molecule has 0 saturated heterocycles. The smallest absolute Gasteiger partial charge is 0.195 e. The zero-order valence-corrected chi connectivity index (χ0v) is 6.95. The molecular formula is C7H11FOS. The van der Waals surface area contributed by atoms with Crippen LogP contribution in [0.4, 0.5) is 4.39 Å². The van der Waals surface area contributed by atoms with E-state index in [1.165, 1.54) is 17.8 Å².